The molecule has 0 aliphatic carbocycles. The predicted molar refractivity (Wildman–Crippen MR) is 106 cm³/mol. The van der Waals surface area contributed by atoms with Crippen molar-refractivity contribution < 1.29 is 0 Å². The number of benzene rings is 1. The normalized spacial score (nSPS) is 10.1. The Morgan fingerprint density at radius 1 is 0.846 bits per heavy atom. The minimum Gasteiger partial charge on any atom is -0.339 e. The van der Waals surface area contributed by atoms with Crippen molar-refractivity contribution >= 4 is 22.5 Å². The van der Waals surface area contributed by atoms with Crippen molar-refractivity contribution in [3.63, 3.8) is 0 Å². The van der Waals surface area contributed by atoms with Gasteiger partial charge in [-0.1, -0.05) is 37.6 Å². The summed E-state index contributed by atoms with van der Waals surface area (Å²) in [5.74, 6) is 1.39. The van der Waals surface area contributed by atoms with Gasteiger partial charge in [0.15, 0.2) is 11.5 Å². The summed E-state index contributed by atoms with van der Waals surface area (Å²) in [5, 5.41) is 4.22. The summed E-state index contributed by atoms with van der Waals surface area (Å²) in [5.41, 5.74) is 3.73. The molecule has 5 heteroatoms. The van der Waals surface area contributed by atoms with Crippen molar-refractivity contribution in [2.45, 2.75) is 20.8 Å². The molecule has 0 unspecified atom stereocenters. The number of aryl methyl sites for hydroxylation is 1. The Bertz CT molecular complexity index is 999. The van der Waals surface area contributed by atoms with E-state index < -0.39 is 0 Å². The molecule has 4 rings (SSSR count). The van der Waals surface area contributed by atoms with Gasteiger partial charge in [0.25, 0.3) is 0 Å². The highest BCUT2D eigenvalue weighted by molar-refractivity contribution is 5.89. The maximum Gasteiger partial charge on any atom is 0.165 e. The van der Waals surface area contributed by atoms with Gasteiger partial charge in [-0.3, -0.25) is 4.98 Å². The van der Waals surface area contributed by atoms with Crippen molar-refractivity contribution in [3.05, 3.63) is 72.7 Å². The molecular weight excluding hydrogens is 322 g/mol. The van der Waals surface area contributed by atoms with Crippen LogP contribution in [0.4, 0.5) is 11.5 Å². The van der Waals surface area contributed by atoms with Crippen LogP contribution >= 0.6 is 0 Å². The summed E-state index contributed by atoms with van der Waals surface area (Å²) in [4.78, 5) is 17.8. The lowest BCUT2D eigenvalue weighted by atomic mass is 10.1. The van der Waals surface area contributed by atoms with E-state index in [1.54, 1.807) is 18.6 Å². The van der Waals surface area contributed by atoms with Crippen LogP contribution in [0.25, 0.3) is 22.4 Å². The fraction of sp³-hybridized carbons (Fsp3) is 0.143. The molecule has 0 aliphatic rings. The highest BCUT2D eigenvalue weighted by Gasteiger charge is 2.10. The first-order chi connectivity index (χ1) is 12.8. The van der Waals surface area contributed by atoms with E-state index in [9.17, 15) is 0 Å². The molecule has 0 spiro atoms. The Balaban J connectivity index is 0.000000948. The summed E-state index contributed by atoms with van der Waals surface area (Å²) in [6.45, 7) is 6.05. The van der Waals surface area contributed by atoms with Crippen LogP contribution in [0, 0.1) is 6.92 Å². The number of hydrogen-bond donors (Lipinski definition) is 1. The Morgan fingerprint density at radius 3 is 2.42 bits per heavy atom. The largest absolute Gasteiger partial charge is 0.339 e. The van der Waals surface area contributed by atoms with E-state index in [0.717, 1.165) is 22.5 Å². The molecule has 0 amide bonds. The molecule has 0 saturated carbocycles. The minimum atomic E-state index is 0.654. The van der Waals surface area contributed by atoms with Crippen LogP contribution in [0.3, 0.4) is 0 Å². The maximum absolute atomic E-state index is 4.72. The molecule has 0 bridgehead atoms. The van der Waals surface area contributed by atoms with E-state index in [4.69, 9.17) is 4.98 Å². The van der Waals surface area contributed by atoms with Crippen molar-refractivity contribution in [3.8, 4) is 11.4 Å². The van der Waals surface area contributed by atoms with Crippen molar-refractivity contribution in [1.82, 2.24) is 19.9 Å². The third kappa shape index (κ3) is 3.83. The molecule has 5 nitrogen and oxygen atoms in total. The average Bonchev–Trinajstić information content (AvgIpc) is 2.70. The molecule has 3 aromatic heterocycles. The molecule has 1 N–H and O–H groups in total. The number of fused-ring (bicyclic) bond motifs is 1. The highest BCUT2D eigenvalue weighted by atomic mass is 15.1. The zero-order valence-electron chi connectivity index (χ0n) is 15.1. The molecule has 4 aromatic rings. The molecule has 0 aliphatic heterocycles. The van der Waals surface area contributed by atoms with E-state index >= 15 is 0 Å². The highest BCUT2D eigenvalue weighted by Crippen LogP contribution is 2.26. The number of hydrogen-bond acceptors (Lipinski definition) is 5. The lowest BCUT2D eigenvalue weighted by molar-refractivity contribution is 1.18. The van der Waals surface area contributed by atoms with Crippen LogP contribution in [0.2, 0.25) is 0 Å². The molecule has 0 saturated heterocycles. The Labute approximate surface area is 153 Å². The van der Waals surface area contributed by atoms with Crippen LogP contribution in [-0.4, -0.2) is 19.9 Å². The third-order valence-electron chi connectivity index (χ3n) is 3.69. The number of nitrogens with zero attached hydrogens (tertiary/aromatic N) is 4. The van der Waals surface area contributed by atoms with Gasteiger partial charge in [0.1, 0.15) is 5.82 Å². The van der Waals surface area contributed by atoms with Crippen LogP contribution < -0.4 is 5.32 Å². The fourth-order valence-electron chi connectivity index (χ4n) is 2.54. The third-order valence-corrected chi connectivity index (χ3v) is 3.69. The van der Waals surface area contributed by atoms with Gasteiger partial charge in [0, 0.05) is 29.8 Å². The van der Waals surface area contributed by atoms with Gasteiger partial charge >= 0.3 is 0 Å². The van der Waals surface area contributed by atoms with Crippen LogP contribution in [0.5, 0.6) is 0 Å². The van der Waals surface area contributed by atoms with E-state index in [-0.39, 0.29) is 0 Å². The summed E-state index contributed by atoms with van der Waals surface area (Å²) in [6, 6.07) is 15.8. The standard InChI is InChI=1S/C19H15N5.C2H6/c1-13-4-2-5-14(12-13)17-23-18-16(6-3-9-21-18)19(24-17)22-15-7-10-20-11-8-15;1-2/h2-12H,1H3,(H,20,21,22,23,24);1-2H3. The van der Waals surface area contributed by atoms with Gasteiger partial charge in [-0.25, -0.2) is 15.0 Å². The summed E-state index contributed by atoms with van der Waals surface area (Å²) >= 11 is 0. The molecule has 3 heterocycles. The van der Waals surface area contributed by atoms with Gasteiger partial charge in [0.2, 0.25) is 0 Å². The minimum absolute atomic E-state index is 0.654. The monoisotopic (exact) mass is 343 g/mol. The van der Waals surface area contributed by atoms with Crippen molar-refractivity contribution in [2.75, 3.05) is 5.32 Å². The number of nitrogens with one attached hydrogen (secondary N) is 1. The van der Waals surface area contributed by atoms with Gasteiger partial charge in [-0.05, 0) is 37.3 Å². The molecule has 0 radical (unpaired) electrons. The zero-order chi connectivity index (χ0) is 18.4. The lowest BCUT2D eigenvalue weighted by Gasteiger charge is -2.10. The topological polar surface area (TPSA) is 63.6 Å². The SMILES string of the molecule is CC.Cc1cccc(-c2nc(Nc3ccncc3)c3cccnc3n2)c1. The second-order valence-corrected chi connectivity index (χ2v) is 5.50. The van der Waals surface area contributed by atoms with Crippen LogP contribution in [0.1, 0.15) is 19.4 Å². The Morgan fingerprint density at radius 2 is 1.65 bits per heavy atom. The Kier molecular flexibility index (Phi) is 5.49. The fourth-order valence-corrected chi connectivity index (χ4v) is 2.54. The first kappa shape index (κ1) is 17.5. The summed E-state index contributed by atoms with van der Waals surface area (Å²) in [7, 11) is 0. The molecule has 1 aromatic carbocycles. The van der Waals surface area contributed by atoms with Crippen LogP contribution in [0.15, 0.2) is 67.1 Å². The van der Waals surface area contributed by atoms with Crippen molar-refractivity contribution in [2.24, 2.45) is 0 Å². The van der Waals surface area contributed by atoms with Crippen LogP contribution in [-0.2, 0) is 0 Å². The molecule has 130 valence electrons. The van der Waals surface area contributed by atoms with E-state index in [2.05, 4.69) is 39.3 Å². The van der Waals surface area contributed by atoms with Gasteiger partial charge < -0.3 is 5.32 Å². The lowest BCUT2D eigenvalue weighted by Crippen LogP contribution is -2.00. The van der Waals surface area contributed by atoms with Crippen molar-refractivity contribution in [1.29, 1.82) is 0 Å². The average molecular weight is 343 g/mol. The van der Waals surface area contributed by atoms with Gasteiger partial charge in [0.05, 0.1) is 5.39 Å². The zero-order valence-corrected chi connectivity index (χ0v) is 15.1. The second-order valence-electron chi connectivity index (χ2n) is 5.50. The molecule has 0 fully saturated rings. The summed E-state index contributed by atoms with van der Waals surface area (Å²) in [6.07, 6.45) is 5.22. The predicted octanol–water partition coefficient (Wildman–Crippen LogP) is 5.17. The number of pyridine rings is 2. The maximum atomic E-state index is 4.72. The number of aromatic nitrogens is 4. The first-order valence-electron chi connectivity index (χ1n) is 8.66. The first-order valence-corrected chi connectivity index (χ1v) is 8.66. The van der Waals surface area contributed by atoms with E-state index in [0.29, 0.717) is 11.5 Å². The van der Waals surface area contributed by atoms with Gasteiger partial charge in [-0.15, -0.1) is 0 Å². The van der Waals surface area contributed by atoms with E-state index in [1.807, 2.05) is 50.2 Å². The molecule has 0 atom stereocenters. The number of rotatable bonds is 3. The molecule has 26 heavy (non-hydrogen) atoms. The second kappa shape index (κ2) is 8.16. The smallest absolute Gasteiger partial charge is 0.165 e. The van der Waals surface area contributed by atoms with E-state index in [1.165, 1.54) is 5.56 Å². The summed E-state index contributed by atoms with van der Waals surface area (Å²) < 4.78 is 0. The molecular formula is C21H21N5. The Hall–Kier alpha value is -3.34. The quantitative estimate of drug-likeness (QED) is 0.556. The number of anilines is 2. The van der Waals surface area contributed by atoms with Gasteiger partial charge in [-0.2, -0.15) is 0 Å².